The quantitative estimate of drug-likeness (QED) is 0.234. The smallest absolute Gasteiger partial charge is 0.251 e. The van der Waals surface area contributed by atoms with Crippen LogP contribution in [0.3, 0.4) is 0 Å². The van der Waals surface area contributed by atoms with E-state index in [0.29, 0.717) is 30.8 Å². The Morgan fingerprint density at radius 2 is 1.74 bits per heavy atom. The maximum atomic E-state index is 15.0. The number of ether oxygens (including phenoxy) is 2. The molecule has 0 spiro atoms. The fourth-order valence-corrected chi connectivity index (χ4v) is 7.56. The second-order valence-corrected chi connectivity index (χ2v) is 13.8. The molecule has 12 heteroatoms. The third-order valence-electron chi connectivity index (χ3n) is 10.3. The van der Waals surface area contributed by atoms with Gasteiger partial charge >= 0.3 is 0 Å². The molecule has 0 radical (unpaired) electrons. The minimum Gasteiger partial charge on any atom is -0.493 e. The topological polar surface area (TPSA) is 105 Å². The summed E-state index contributed by atoms with van der Waals surface area (Å²) in [7, 11) is 0. The zero-order chi connectivity index (χ0) is 34.7. The first kappa shape index (κ1) is 33.9. The van der Waals surface area contributed by atoms with Crippen molar-refractivity contribution in [3.8, 4) is 5.75 Å². The molecule has 3 aromatic carbocycles. The van der Waals surface area contributed by atoms with Crippen LogP contribution < -0.4 is 19.9 Å². The first-order valence-electron chi connectivity index (χ1n) is 17.5. The van der Waals surface area contributed by atoms with Crippen molar-refractivity contribution >= 4 is 17.3 Å². The van der Waals surface area contributed by atoms with Crippen LogP contribution in [0.25, 0.3) is 0 Å². The largest absolute Gasteiger partial charge is 0.493 e. The van der Waals surface area contributed by atoms with Crippen LogP contribution in [-0.4, -0.2) is 77.3 Å². The van der Waals surface area contributed by atoms with Crippen LogP contribution in [0.2, 0.25) is 0 Å². The molecular formula is C38H44F2N6O4. The highest BCUT2D eigenvalue weighted by atomic mass is 19.1. The van der Waals surface area contributed by atoms with Gasteiger partial charge in [0, 0.05) is 60.7 Å². The number of aliphatic hydroxyl groups excluding tert-OH is 1. The molecule has 4 atom stereocenters. The number of nitrogens with zero attached hydrogens (tertiary/aromatic N) is 5. The summed E-state index contributed by atoms with van der Waals surface area (Å²) in [6.07, 6.45) is 6.59. The van der Waals surface area contributed by atoms with Crippen molar-refractivity contribution in [1.82, 2.24) is 20.1 Å². The van der Waals surface area contributed by atoms with E-state index in [0.717, 1.165) is 80.6 Å². The van der Waals surface area contributed by atoms with Crippen molar-refractivity contribution in [3.05, 3.63) is 102 Å². The zero-order valence-electron chi connectivity index (χ0n) is 28.3. The van der Waals surface area contributed by atoms with E-state index in [-0.39, 0.29) is 24.4 Å². The molecule has 1 amide bonds. The predicted molar refractivity (Wildman–Crippen MR) is 185 cm³/mol. The van der Waals surface area contributed by atoms with Crippen molar-refractivity contribution in [3.63, 3.8) is 0 Å². The molecule has 1 aliphatic carbocycles. The Labute approximate surface area is 291 Å². The number of piperazine rings is 1. The van der Waals surface area contributed by atoms with Gasteiger partial charge in [0.1, 0.15) is 35.6 Å². The summed E-state index contributed by atoms with van der Waals surface area (Å²) >= 11 is 0. The van der Waals surface area contributed by atoms with Gasteiger partial charge in [0.15, 0.2) is 0 Å². The Balaban J connectivity index is 0.920. The first-order valence-corrected chi connectivity index (χ1v) is 17.5. The molecule has 3 unspecified atom stereocenters. The molecule has 264 valence electrons. The van der Waals surface area contributed by atoms with Gasteiger partial charge in [-0.25, -0.2) is 18.4 Å². The van der Waals surface area contributed by atoms with Gasteiger partial charge in [-0.2, -0.15) is 5.10 Å². The number of aryl methyl sites for hydroxylation is 1. The summed E-state index contributed by atoms with van der Waals surface area (Å²) in [5, 5.41) is 17.4. The van der Waals surface area contributed by atoms with Gasteiger partial charge in [0.05, 0.1) is 31.9 Å². The molecule has 1 saturated carbocycles. The molecule has 0 bridgehead atoms. The number of halogens is 2. The number of aromatic nitrogens is 3. The van der Waals surface area contributed by atoms with Crippen molar-refractivity contribution in [2.75, 3.05) is 49.2 Å². The highest BCUT2D eigenvalue weighted by Crippen LogP contribution is 2.42. The lowest BCUT2D eigenvalue weighted by Crippen LogP contribution is -2.46. The molecule has 2 saturated heterocycles. The second-order valence-electron chi connectivity index (χ2n) is 13.8. The van der Waals surface area contributed by atoms with Gasteiger partial charge in [-0.3, -0.25) is 4.79 Å². The minimum absolute atomic E-state index is 0.0108. The normalized spacial score (nSPS) is 24.0. The fraction of sp³-hybridized carbons (Fsp3) is 0.447. The molecule has 4 aromatic rings. The number of amides is 1. The predicted octanol–water partition coefficient (Wildman–Crippen LogP) is 5.24. The van der Waals surface area contributed by atoms with Crippen LogP contribution in [0.15, 0.2) is 73.3 Å². The SMILES string of the molecule is Cc1cc(N2CCN(c3ccc(C(=O)NC4CCCCC4O)cc3)CC2)ccc1OCC1CO[C@@](Cn2cncn2)(c2ccc(F)cc2F)C1. The summed E-state index contributed by atoms with van der Waals surface area (Å²) in [5.74, 6) is -0.637. The van der Waals surface area contributed by atoms with Crippen LogP contribution in [0.5, 0.6) is 5.75 Å². The maximum absolute atomic E-state index is 15.0. The molecular weight excluding hydrogens is 642 g/mol. The van der Waals surface area contributed by atoms with Crippen molar-refractivity contribution in [1.29, 1.82) is 0 Å². The third-order valence-corrected chi connectivity index (χ3v) is 10.3. The molecule has 2 aliphatic heterocycles. The van der Waals surface area contributed by atoms with Gasteiger partial charge in [0.25, 0.3) is 5.91 Å². The number of nitrogens with one attached hydrogen (secondary N) is 1. The summed E-state index contributed by atoms with van der Waals surface area (Å²) in [6.45, 7) is 6.46. The van der Waals surface area contributed by atoms with Crippen LogP contribution in [0.1, 0.15) is 53.6 Å². The van der Waals surface area contributed by atoms with Crippen LogP contribution in [0, 0.1) is 24.5 Å². The lowest BCUT2D eigenvalue weighted by molar-refractivity contribution is -0.0206. The second kappa shape index (κ2) is 14.7. The van der Waals surface area contributed by atoms with E-state index in [1.807, 2.05) is 37.3 Å². The minimum atomic E-state index is -1.02. The van der Waals surface area contributed by atoms with E-state index in [1.54, 1.807) is 11.0 Å². The van der Waals surface area contributed by atoms with E-state index < -0.39 is 23.3 Å². The summed E-state index contributed by atoms with van der Waals surface area (Å²) in [6, 6.07) is 17.4. The monoisotopic (exact) mass is 686 g/mol. The van der Waals surface area contributed by atoms with Crippen LogP contribution in [0.4, 0.5) is 20.2 Å². The standard InChI is InChI=1S/C38H44F2N6O4/c1-26-18-31(45-16-14-44(15-17-45)30-9-6-28(7-10-30)37(48)43-34-4-2-3-5-35(34)47)11-13-36(26)49-21-27-20-38(50-22-27,23-46-25-41-24-42-46)32-12-8-29(39)19-33(32)40/h6-13,18-19,24-25,27,34-35,47H,2-5,14-17,20-23H2,1H3,(H,43,48)/t27?,34?,35?,38-/m0/s1. The van der Waals surface area contributed by atoms with Gasteiger partial charge in [0.2, 0.25) is 0 Å². The van der Waals surface area contributed by atoms with Gasteiger partial charge in [-0.1, -0.05) is 18.9 Å². The van der Waals surface area contributed by atoms with Gasteiger partial charge in [-0.05, 0) is 80.3 Å². The first-order chi connectivity index (χ1) is 24.3. The highest BCUT2D eigenvalue weighted by molar-refractivity contribution is 5.94. The van der Waals surface area contributed by atoms with Crippen LogP contribution in [-0.2, 0) is 16.9 Å². The molecule has 3 aliphatic rings. The number of carbonyl (C=O) groups excluding carboxylic acids is 1. The average molecular weight is 687 g/mol. The van der Waals surface area contributed by atoms with E-state index in [4.69, 9.17) is 9.47 Å². The molecule has 3 fully saturated rings. The summed E-state index contributed by atoms with van der Waals surface area (Å²) in [4.78, 5) is 21.5. The number of rotatable bonds is 10. The third kappa shape index (κ3) is 7.46. The number of anilines is 2. The van der Waals surface area contributed by atoms with E-state index >= 15 is 4.39 Å². The van der Waals surface area contributed by atoms with Crippen molar-refractivity contribution < 1.29 is 28.2 Å². The lowest BCUT2D eigenvalue weighted by atomic mass is 9.87. The Bertz CT molecular complexity index is 1770. The molecule has 10 nitrogen and oxygen atoms in total. The number of aliphatic hydroxyl groups is 1. The maximum Gasteiger partial charge on any atom is 0.251 e. The molecule has 7 rings (SSSR count). The highest BCUT2D eigenvalue weighted by Gasteiger charge is 2.44. The van der Waals surface area contributed by atoms with Crippen molar-refractivity contribution in [2.24, 2.45) is 5.92 Å². The van der Waals surface area contributed by atoms with E-state index in [1.165, 1.54) is 18.5 Å². The molecule has 3 heterocycles. The number of hydrogen-bond donors (Lipinski definition) is 2. The van der Waals surface area contributed by atoms with E-state index in [9.17, 15) is 14.3 Å². The number of carbonyl (C=O) groups is 1. The molecule has 50 heavy (non-hydrogen) atoms. The Hall–Kier alpha value is -4.55. The molecule has 1 aromatic heterocycles. The summed E-state index contributed by atoms with van der Waals surface area (Å²) in [5.41, 5.74) is 3.13. The average Bonchev–Trinajstić information content (AvgIpc) is 3.79. The number of hydrogen-bond acceptors (Lipinski definition) is 8. The zero-order valence-corrected chi connectivity index (χ0v) is 28.3. The van der Waals surface area contributed by atoms with Gasteiger partial charge < -0.3 is 29.7 Å². The molecule has 2 N–H and O–H groups in total. The lowest BCUT2D eigenvalue weighted by Gasteiger charge is -2.37. The van der Waals surface area contributed by atoms with Crippen LogP contribution >= 0.6 is 0 Å². The van der Waals surface area contributed by atoms with Crippen molar-refractivity contribution in [2.45, 2.75) is 63.3 Å². The van der Waals surface area contributed by atoms with Gasteiger partial charge in [-0.15, -0.1) is 0 Å². The Morgan fingerprint density at radius 1 is 1.00 bits per heavy atom. The Kier molecular flexibility index (Phi) is 10.0. The number of benzene rings is 3. The van der Waals surface area contributed by atoms with E-state index in [2.05, 4.69) is 37.3 Å². The fourth-order valence-electron chi connectivity index (χ4n) is 7.56. The summed E-state index contributed by atoms with van der Waals surface area (Å²) < 4.78 is 42.9. The Morgan fingerprint density at radius 3 is 2.44 bits per heavy atom.